The number of phosphoric acid groups is 1. The summed E-state index contributed by atoms with van der Waals surface area (Å²) in [5.41, 5.74) is 5.78. The van der Waals surface area contributed by atoms with E-state index in [9.17, 15) is 14.4 Å². The van der Waals surface area contributed by atoms with Crippen molar-refractivity contribution in [3.8, 4) is 5.75 Å². The van der Waals surface area contributed by atoms with Crippen molar-refractivity contribution in [2.75, 3.05) is 5.73 Å². The van der Waals surface area contributed by atoms with Gasteiger partial charge in [0.2, 0.25) is 0 Å². The van der Waals surface area contributed by atoms with Crippen molar-refractivity contribution >= 4 is 13.5 Å². The Balaban J connectivity index is 0. The molecule has 0 atom stereocenters. The molecule has 0 spiro atoms. The Morgan fingerprint density at radius 2 is 1.57 bits per heavy atom. The standard InChI is InChI=1S/C6H8NO4P.2K/c7-5-1-3-6(4-2-5)11-12(8,9)10;;/h1-4H,7H2,(H2,8,9,10);;/q;2*+1/p-2. The number of hydrogen-bond donors (Lipinski definition) is 1. The second kappa shape index (κ2) is 8.35. The van der Waals surface area contributed by atoms with Crippen molar-refractivity contribution in [1.82, 2.24) is 0 Å². The van der Waals surface area contributed by atoms with Gasteiger partial charge in [0.25, 0.3) is 0 Å². The predicted molar refractivity (Wildman–Crippen MR) is 39.1 cm³/mol. The van der Waals surface area contributed by atoms with Gasteiger partial charge in [-0.2, -0.15) is 0 Å². The third-order valence-corrected chi connectivity index (χ3v) is 1.53. The fourth-order valence-corrected chi connectivity index (χ4v) is 1.04. The molecular formula is C6H6K2NO4P. The minimum atomic E-state index is -4.94. The molecule has 0 aliphatic carbocycles. The third kappa shape index (κ3) is 8.40. The zero-order chi connectivity index (χ0) is 9.19. The molecule has 8 heteroatoms. The van der Waals surface area contributed by atoms with Gasteiger partial charge >= 0.3 is 103 Å². The monoisotopic (exact) mass is 265 g/mol. The molecule has 0 aliphatic rings. The Morgan fingerprint density at radius 1 is 1.14 bits per heavy atom. The van der Waals surface area contributed by atoms with Crippen LogP contribution in [0.2, 0.25) is 0 Å². The molecule has 1 aromatic carbocycles. The number of hydrogen-bond acceptors (Lipinski definition) is 5. The van der Waals surface area contributed by atoms with Crippen LogP contribution >= 0.6 is 7.82 Å². The maximum absolute atomic E-state index is 10.1. The molecule has 14 heavy (non-hydrogen) atoms. The van der Waals surface area contributed by atoms with Gasteiger partial charge in [-0.25, -0.2) is 0 Å². The number of anilines is 1. The molecule has 1 rings (SSSR count). The summed E-state index contributed by atoms with van der Waals surface area (Å²) in [4.78, 5) is 20.2. The van der Waals surface area contributed by atoms with Crippen LogP contribution in [0.1, 0.15) is 0 Å². The first-order valence-electron chi connectivity index (χ1n) is 3.04. The Morgan fingerprint density at radius 3 is 1.93 bits per heavy atom. The summed E-state index contributed by atoms with van der Waals surface area (Å²) in [6.07, 6.45) is 0. The van der Waals surface area contributed by atoms with Crippen LogP contribution in [0.25, 0.3) is 0 Å². The molecule has 0 bridgehead atoms. The second-order valence-corrected chi connectivity index (χ2v) is 3.18. The number of rotatable bonds is 2. The fourth-order valence-electron chi connectivity index (χ4n) is 0.658. The van der Waals surface area contributed by atoms with E-state index in [1.165, 1.54) is 24.3 Å². The van der Waals surface area contributed by atoms with Crippen LogP contribution in [-0.2, 0) is 4.57 Å². The molecule has 0 amide bonds. The Hall–Kier alpha value is 2.24. The molecular weight excluding hydrogens is 259 g/mol. The van der Waals surface area contributed by atoms with E-state index < -0.39 is 7.82 Å². The van der Waals surface area contributed by atoms with Crippen LogP contribution in [0.5, 0.6) is 5.75 Å². The predicted octanol–water partition coefficient (Wildman–Crippen LogP) is -6.52. The van der Waals surface area contributed by atoms with Crippen LogP contribution in [0.15, 0.2) is 24.3 Å². The van der Waals surface area contributed by atoms with E-state index in [2.05, 4.69) is 4.52 Å². The van der Waals surface area contributed by atoms with Crippen molar-refractivity contribution < 1.29 is 122 Å². The van der Waals surface area contributed by atoms with E-state index in [0.29, 0.717) is 5.69 Å². The maximum atomic E-state index is 10.1. The summed E-state index contributed by atoms with van der Waals surface area (Å²) in [5, 5.41) is 0. The number of nitrogens with two attached hydrogens (primary N) is 1. The van der Waals surface area contributed by atoms with Gasteiger partial charge in [0.05, 0.1) is 0 Å². The molecule has 0 heterocycles. The largest absolute Gasteiger partial charge is 1.00 e. The van der Waals surface area contributed by atoms with Crippen molar-refractivity contribution in [2.24, 2.45) is 0 Å². The zero-order valence-corrected chi connectivity index (χ0v) is 15.1. The Kier molecular flexibility index (Phi) is 11.1. The van der Waals surface area contributed by atoms with Crippen molar-refractivity contribution in [3.05, 3.63) is 24.3 Å². The smallest absolute Gasteiger partial charge is 0.780 e. The molecule has 5 nitrogen and oxygen atoms in total. The molecule has 66 valence electrons. The molecule has 2 N–H and O–H groups in total. The maximum Gasteiger partial charge on any atom is 1.00 e. The summed E-state index contributed by atoms with van der Waals surface area (Å²) >= 11 is 0. The van der Waals surface area contributed by atoms with Crippen LogP contribution in [-0.4, -0.2) is 0 Å². The summed E-state index contributed by atoms with van der Waals surface area (Å²) in [7, 11) is -4.94. The summed E-state index contributed by atoms with van der Waals surface area (Å²) in [6, 6.07) is 5.48. The minimum absolute atomic E-state index is 0. The second-order valence-electron chi connectivity index (χ2n) is 2.11. The third-order valence-electron chi connectivity index (χ3n) is 1.10. The minimum Gasteiger partial charge on any atom is -0.780 e. The molecule has 0 fully saturated rings. The average Bonchev–Trinajstić information content (AvgIpc) is 1.91. The van der Waals surface area contributed by atoms with Crippen LogP contribution < -0.4 is 123 Å². The van der Waals surface area contributed by atoms with Crippen LogP contribution in [0, 0.1) is 0 Å². The average molecular weight is 265 g/mol. The first-order valence-corrected chi connectivity index (χ1v) is 4.51. The quantitative estimate of drug-likeness (QED) is 0.326. The van der Waals surface area contributed by atoms with Gasteiger partial charge in [-0.05, 0) is 24.3 Å². The first-order chi connectivity index (χ1) is 5.47. The van der Waals surface area contributed by atoms with Gasteiger partial charge in [-0.1, -0.05) is 0 Å². The van der Waals surface area contributed by atoms with Crippen molar-refractivity contribution in [1.29, 1.82) is 0 Å². The van der Waals surface area contributed by atoms with E-state index in [1.807, 2.05) is 0 Å². The molecule has 0 saturated heterocycles. The van der Waals surface area contributed by atoms with Crippen LogP contribution in [0.3, 0.4) is 0 Å². The van der Waals surface area contributed by atoms with Gasteiger partial charge in [0.15, 0.2) is 0 Å². The number of phosphoric ester groups is 1. The molecule has 0 radical (unpaired) electrons. The van der Waals surface area contributed by atoms with E-state index in [4.69, 9.17) is 5.73 Å². The van der Waals surface area contributed by atoms with Gasteiger partial charge in [-0.3, -0.25) is 0 Å². The summed E-state index contributed by atoms with van der Waals surface area (Å²) < 4.78 is 14.1. The van der Waals surface area contributed by atoms with Gasteiger partial charge in [-0.15, -0.1) is 0 Å². The number of benzene rings is 1. The van der Waals surface area contributed by atoms with Gasteiger partial charge < -0.3 is 24.6 Å². The fraction of sp³-hybridized carbons (Fsp3) is 0. The van der Waals surface area contributed by atoms with E-state index in [0.717, 1.165) is 0 Å². The molecule has 0 saturated carbocycles. The van der Waals surface area contributed by atoms with E-state index in [1.54, 1.807) is 0 Å². The van der Waals surface area contributed by atoms with Gasteiger partial charge in [0.1, 0.15) is 13.6 Å². The Labute approximate surface area is 167 Å². The van der Waals surface area contributed by atoms with Crippen molar-refractivity contribution in [2.45, 2.75) is 0 Å². The van der Waals surface area contributed by atoms with Gasteiger partial charge in [0, 0.05) is 5.69 Å². The molecule has 0 aromatic heterocycles. The Bertz CT molecular complexity index is 312. The van der Waals surface area contributed by atoms with E-state index in [-0.39, 0.29) is 109 Å². The molecule has 0 aliphatic heterocycles. The topological polar surface area (TPSA) is 98.4 Å². The first kappa shape index (κ1) is 18.6. The summed E-state index contributed by atoms with van der Waals surface area (Å²) in [5.74, 6) is -0.0301. The van der Waals surface area contributed by atoms with E-state index >= 15 is 0 Å². The normalized spacial score (nSPS) is 9.57. The number of nitrogen functional groups attached to an aromatic ring is 1. The molecule has 0 unspecified atom stereocenters. The summed E-state index contributed by atoms with van der Waals surface area (Å²) in [6.45, 7) is 0. The van der Waals surface area contributed by atoms with Crippen molar-refractivity contribution in [3.63, 3.8) is 0 Å². The molecule has 1 aromatic rings. The SMILES string of the molecule is Nc1ccc(OP(=O)([O-])[O-])cc1.[K+].[K+]. The van der Waals surface area contributed by atoms with Crippen LogP contribution in [0.4, 0.5) is 5.69 Å². The zero-order valence-electron chi connectivity index (χ0n) is 7.97.